The van der Waals surface area contributed by atoms with Gasteiger partial charge in [-0.2, -0.15) is 0 Å². The maximum atomic E-state index is 12.1. The van der Waals surface area contributed by atoms with E-state index in [-0.39, 0.29) is 12.5 Å². The number of carbonyl (C=O) groups is 1. The molecule has 0 N–H and O–H groups in total. The van der Waals surface area contributed by atoms with E-state index in [9.17, 15) is 4.79 Å². The Morgan fingerprint density at radius 3 is 2.57 bits per heavy atom. The van der Waals surface area contributed by atoms with Gasteiger partial charge in [0.25, 0.3) is 5.91 Å². The Labute approximate surface area is 132 Å². The van der Waals surface area contributed by atoms with Gasteiger partial charge in [0, 0.05) is 18.1 Å². The van der Waals surface area contributed by atoms with Gasteiger partial charge in [-0.15, -0.1) is 0 Å². The first-order chi connectivity index (χ1) is 9.99. The molecule has 21 heavy (non-hydrogen) atoms. The molecule has 0 aliphatic carbocycles. The fourth-order valence-corrected chi connectivity index (χ4v) is 3.08. The van der Waals surface area contributed by atoms with Crippen LogP contribution in [0.4, 0.5) is 0 Å². The molecule has 1 aliphatic rings. The molecule has 1 heterocycles. The molecular weight excluding hydrogens is 286 g/mol. The van der Waals surface area contributed by atoms with Gasteiger partial charge in [-0.3, -0.25) is 4.79 Å². The van der Waals surface area contributed by atoms with E-state index in [4.69, 9.17) is 16.3 Å². The number of aryl methyl sites for hydroxylation is 1. The van der Waals surface area contributed by atoms with E-state index in [0.29, 0.717) is 5.92 Å². The summed E-state index contributed by atoms with van der Waals surface area (Å²) in [6.45, 7) is 7.98. The van der Waals surface area contributed by atoms with Crippen molar-refractivity contribution in [2.75, 3.05) is 19.7 Å². The number of hydrogen-bond donors (Lipinski definition) is 0. The SMILES string of the molecule is Cc1cc(Cl)c(C(C)C)cc1OCC(=O)N1CCCCC1. The highest BCUT2D eigenvalue weighted by Gasteiger charge is 2.17. The molecule has 1 aromatic carbocycles. The first-order valence-corrected chi connectivity index (χ1v) is 8.07. The summed E-state index contributed by atoms with van der Waals surface area (Å²) >= 11 is 6.25. The summed E-state index contributed by atoms with van der Waals surface area (Å²) in [6, 6.07) is 3.88. The molecule has 0 atom stereocenters. The number of likely N-dealkylation sites (tertiary alicyclic amines) is 1. The van der Waals surface area contributed by atoms with Gasteiger partial charge in [0.1, 0.15) is 5.75 Å². The molecule has 1 amide bonds. The van der Waals surface area contributed by atoms with Crippen LogP contribution in [0.15, 0.2) is 12.1 Å². The van der Waals surface area contributed by atoms with E-state index in [2.05, 4.69) is 13.8 Å². The Kier molecular flexibility index (Phi) is 5.51. The standard InChI is InChI=1S/C17H24ClNO2/c1-12(2)14-10-16(13(3)9-15(14)18)21-11-17(20)19-7-5-4-6-8-19/h9-10,12H,4-8,11H2,1-3H3. The molecule has 0 unspecified atom stereocenters. The summed E-state index contributed by atoms with van der Waals surface area (Å²) in [5.74, 6) is 1.17. The predicted octanol–water partition coefficient (Wildman–Crippen LogP) is 4.16. The van der Waals surface area contributed by atoms with E-state index in [1.54, 1.807) is 0 Å². The van der Waals surface area contributed by atoms with Gasteiger partial charge in [0.05, 0.1) is 0 Å². The van der Waals surface area contributed by atoms with E-state index in [1.165, 1.54) is 6.42 Å². The summed E-state index contributed by atoms with van der Waals surface area (Å²) in [4.78, 5) is 14.0. The Hall–Kier alpha value is -1.22. The number of amides is 1. The van der Waals surface area contributed by atoms with E-state index in [0.717, 1.165) is 47.8 Å². The van der Waals surface area contributed by atoms with Crippen LogP contribution in [0.1, 0.15) is 50.2 Å². The smallest absolute Gasteiger partial charge is 0.260 e. The third-order valence-corrected chi connectivity index (χ3v) is 4.30. The zero-order valence-electron chi connectivity index (χ0n) is 13.1. The second-order valence-corrected chi connectivity index (χ2v) is 6.43. The lowest BCUT2D eigenvalue weighted by atomic mass is 10.0. The minimum atomic E-state index is 0.0788. The second-order valence-electron chi connectivity index (χ2n) is 6.02. The third-order valence-electron chi connectivity index (χ3n) is 3.98. The number of benzene rings is 1. The van der Waals surface area contributed by atoms with Crippen LogP contribution < -0.4 is 4.74 Å². The molecule has 1 aromatic rings. The highest BCUT2D eigenvalue weighted by Crippen LogP contribution is 2.31. The van der Waals surface area contributed by atoms with Crippen molar-refractivity contribution in [1.82, 2.24) is 4.90 Å². The fraction of sp³-hybridized carbons (Fsp3) is 0.588. The maximum absolute atomic E-state index is 12.1. The van der Waals surface area contributed by atoms with Gasteiger partial charge in [-0.05, 0) is 55.4 Å². The molecule has 0 radical (unpaired) electrons. The molecule has 3 nitrogen and oxygen atoms in total. The first kappa shape index (κ1) is 16.2. The molecule has 116 valence electrons. The largest absolute Gasteiger partial charge is 0.483 e. The number of halogens is 1. The summed E-state index contributed by atoms with van der Waals surface area (Å²) in [6.07, 6.45) is 3.42. The van der Waals surface area contributed by atoms with Gasteiger partial charge in [-0.1, -0.05) is 25.4 Å². The number of rotatable bonds is 4. The van der Waals surface area contributed by atoms with Crippen LogP contribution in [0.25, 0.3) is 0 Å². The summed E-state index contributed by atoms with van der Waals surface area (Å²) in [5.41, 5.74) is 2.03. The second kappa shape index (κ2) is 7.17. The first-order valence-electron chi connectivity index (χ1n) is 7.69. The molecule has 0 aromatic heterocycles. The lowest BCUT2D eigenvalue weighted by molar-refractivity contribution is -0.134. The van der Waals surface area contributed by atoms with E-state index < -0.39 is 0 Å². The topological polar surface area (TPSA) is 29.5 Å². The summed E-state index contributed by atoms with van der Waals surface area (Å²) in [7, 11) is 0. The molecular formula is C17H24ClNO2. The van der Waals surface area contributed by atoms with Crippen molar-refractivity contribution in [2.24, 2.45) is 0 Å². The molecule has 0 saturated carbocycles. The Balaban J connectivity index is 2.02. The zero-order chi connectivity index (χ0) is 15.4. The van der Waals surface area contributed by atoms with Crippen molar-refractivity contribution in [3.8, 4) is 5.75 Å². The van der Waals surface area contributed by atoms with Crippen molar-refractivity contribution in [2.45, 2.75) is 46.0 Å². The van der Waals surface area contributed by atoms with Crippen LogP contribution in [0.2, 0.25) is 5.02 Å². The number of nitrogens with zero attached hydrogens (tertiary/aromatic N) is 1. The lowest BCUT2D eigenvalue weighted by Crippen LogP contribution is -2.38. The summed E-state index contributed by atoms with van der Waals surface area (Å²) in [5, 5.41) is 0.761. The highest BCUT2D eigenvalue weighted by molar-refractivity contribution is 6.31. The van der Waals surface area contributed by atoms with Crippen LogP contribution in [0, 0.1) is 6.92 Å². The van der Waals surface area contributed by atoms with Crippen LogP contribution in [-0.2, 0) is 4.79 Å². The quantitative estimate of drug-likeness (QED) is 0.835. The monoisotopic (exact) mass is 309 g/mol. The minimum Gasteiger partial charge on any atom is -0.483 e. The van der Waals surface area contributed by atoms with Gasteiger partial charge in [0.15, 0.2) is 6.61 Å². The molecule has 0 spiro atoms. The van der Waals surface area contributed by atoms with Crippen molar-refractivity contribution in [3.05, 3.63) is 28.3 Å². The van der Waals surface area contributed by atoms with Gasteiger partial charge in [0.2, 0.25) is 0 Å². The number of piperidine rings is 1. The van der Waals surface area contributed by atoms with Crippen LogP contribution >= 0.6 is 11.6 Å². The molecule has 1 fully saturated rings. The average Bonchev–Trinajstić information content (AvgIpc) is 2.46. The van der Waals surface area contributed by atoms with Crippen molar-refractivity contribution in [1.29, 1.82) is 0 Å². The van der Waals surface area contributed by atoms with Crippen molar-refractivity contribution in [3.63, 3.8) is 0 Å². The van der Waals surface area contributed by atoms with Crippen LogP contribution in [0.3, 0.4) is 0 Å². The van der Waals surface area contributed by atoms with Crippen LogP contribution in [0.5, 0.6) is 5.75 Å². The predicted molar refractivity (Wildman–Crippen MR) is 86.2 cm³/mol. The molecule has 0 bridgehead atoms. The van der Waals surface area contributed by atoms with Gasteiger partial charge >= 0.3 is 0 Å². The Bertz CT molecular complexity index is 508. The fourth-order valence-electron chi connectivity index (χ4n) is 2.64. The highest BCUT2D eigenvalue weighted by atomic mass is 35.5. The minimum absolute atomic E-state index is 0.0788. The van der Waals surface area contributed by atoms with E-state index in [1.807, 2.05) is 24.0 Å². The maximum Gasteiger partial charge on any atom is 0.260 e. The molecule has 2 rings (SSSR count). The van der Waals surface area contributed by atoms with Gasteiger partial charge < -0.3 is 9.64 Å². The normalized spacial score (nSPS) is 15.4. The Morgan fingerprint density at radius 2 is 1.95 bits per heavy atom. The Morgan fingerprint density at radius 1 is 1.29 bits per heavy atom. The van der Waals surface area contributed by atoms with Gasteiger partial charge in [-0.25, -0.2) is 0 Å². The van der Waals surface area contributed by atoms with Crippen LogP contribution in [-0.4, -0.2) is 30.5 Å². The third kappa shape index (κ3) is 4.13. The molecule has 1 aliphatic heterocycles. The number of carbonyl (C=O) groups excluding carboxylic acids is 1. The molecule has 4 heteroatoms. The van der Waals surface area contributed by atoms with Crippen molar-refractivity contribution < 1.29 is 9.53 Å². The number of ether oxygens (including phenoxy) is 1. The summed E-state index contributed by atoms with van der Waals surface area (Å²) < 4.78 is 5.75. The molecule has 1 saturated heterocycles. The van der Waals surface area contributed by atoms with E-state index >= 15 is 0 Å². The zero-order valence-corrected chi connectivity index (χ0v) is 13.9. The lowest BCUT2D eigenvalue weighted by Gasteiger charge is -2.26. The number of hydrogen-bond acceptors (Lipinski definition) is 2. The average molecular weight is 310 g/mol. The van der Waals surface area contributed by atoms with Crippen molar-refractivity contribution >= 4 is 17.5 Å².